The van der Waals surface area contributed by atoms with Crippen molar-refractivity contribution in [2.75, 3.05) is 0 Å². The summed E-state index contributed by atoms with van der Waals surface area (Å²) in [5.74, 6) is 0.742. The van der Waals surface area contributed by atoms with E-state index in [2.05, 4.69) is 13.0 Å². The van der Waals surface area contributed by atoms with Crippen LogP contribution in [0.5, 0.6) is 0 Å². The molecule has 0 aliphatic heterocycles. The van der Waals surface area contributed by atoms with E-state index < -0.39 is 0 Å². The molecule has 1 rings (SSSR count). The summed E-state index contributed by atoms with van der Waals surface area (Å²) in [6.45, 7) is 2.19. The Labute approximate surface area is 74.9 Å². The first-order valence-corrected chi connectivity index (χ1v) is 5.02. The third kappa shape index (κ3) is 3.70. The molecule has 0 aromatic heterocycles. The van der Waals surface area contributed by atoms with Crippen molar-refractivity contribution in [2.45, 2.75) is 45.4 Å². The van der Waals surface area contributed by atoms with E-state index in [0.29, 0.717) is 0 Å². The fourth-order valence-electron chi connectivity index (χ4n) is 1.33. The summed E-state index contributed by atoms with van der Waals surface area (Å²) in [4.78, 5) is 10.6. The van der Waals surface area contributed by atoms with Crippen LogP contribution in [-0.4, -0.2) is 6.29 Å². The molecule has 0 unspecified atom stereocenters. The van der Waals surface area contributed by atoms with Crippen LogP contribution in [0, 0.1) is 5.92 Å². The maximum atomic E-state index is 10.6. The molecule has 1 nitrogen and oxygen atoms in total. The molecular weight excluding hydrogens is 148 g/mol. The van der Waals surface area contributed by atoms with Gasteiger partial charge in [0.15, 0.2) is 0 Å². The molecule has 0 spiro atoms. The molecule has 0 heterocycles. The number of aldehydes is 1. The van der Waals surface area contributed by atoms with E-state index >= 15 is 0 Å². The molecule has 1 fully saturated rings. The monoisotopic (exact) mass is 166 g/mol. The fraction of sp³-hybridized carbons (Fsp3) is 0.727. The normalized spacial score (nSPS) is 17.9. The van der Waals surface area contributed by atoms with Gasteiger partial charge in [-0.15, -0.1) is 0 Å². The summed E-state index contributed by atoms with van der Waals surface area (Å²) in [5.41, 5.74) is 1.03. The lowest BCUT2D eigenvalue weighted by Crippen LogP contribution is -1.86. The number of carbonyl (C=O) groups is 1. The molecule has 0 amide bonds. The molecule has 0 bridgehead atoms. The smallest absolute Gasteiger partial charge is 0.145 e. The second-order valence-electron chi connectivity index (χ2n) is 3.65. The molecule has 0 aromatic rings. The highest BCUT2D eigenvalue weighted by atomic mass is 16.1. The van der Waals surface area contributed by atoms with Crippen molar-refractivity contribution in [1.29, 1.82) is 0 Å². The lowest BCUT2D eigenvalue weighted by Gasteiger charge is -1.97. The van der Waals surface area contributed by atoms with Crippen LogP contribution in [0.3, 0.4) is 0 Å². The van der Waals surface area contributed by atoms with Crippen molar-refractivity contribution in [1.82, 2.24) is 0 Å². The lowest BCUT2D eigenvalue weighted by atomic mass is 10.1. The van der Waals surface area contributed by atoms with Gasteiger partial charge in [0.05, 0.1) is 0 Å². The summed E-state index contributed by atoms with van der Waals surface area (Å²) in [6, 6.07) is 0. The fourth-order valence-corrected chi connectivity index (χ4v) is 1.33. The van der Waals surface area contributed by atoms with Gasteiger partial charge in [-0.1, -0.05) is 25.8 Å². The lowest BCUT2D eigenvalue weighted by molar-refractivity contribution is -0.105. The average Bonchev–Trinajstić information content (AvgIpc) is 2.87. The topological polar surface area (TPSA) is 17.1 Å². The average molecular weight is 166 g/mol. The highest BCUT2D eigenvalue weighted by Gasteiger charge is 2.18. The van der Waals surface area contributed by atoms with Gasteiger partial charge >= 0.3 is 0 Å². The van der Waals surface area contributed by atoms with Crippen molar-refractivity contribution >= 4 is 6.29 Å². The van der Waals surface area contributed by atoms with Gasteiger partial charge in [0, 0.05) is 0 Å². The van der Waals surface area contributed by atoms with E-state index in [1.165, 1.54) is 32.1 Å². The zero-order valence-corrected chi connectivity index (χ0v) is 7.88. The summed E-state index contributed by atoms with van der Waals surface area (Å²) < 4.78 is 0. The maximum absolute atomic E-state index is 10.6. The number of hydrogen-bond donors (Lipinski definition) is 0. The minimum absolute atomic E-state index is 0.742. The molecule has 0 atom stereocenters. The van der Waals surface area contributed by atoms with E-state index in [-0.39, 0.29) is 0 Å². The molecular formula is C11H18O. The van der Waals surface area contributed by atoms with Crippen molar-refractivity contribution in [3.05, 3.63) is 11.6 Å². The summed E-state index contributed by atoms with van der Waals surface area (Å²) in [5, 5.41) is 0. The quantitative estimate of drug-likeness (QED) is 0.336. The van der Waals surface area contributed by atoms with Crippen LogP contribution < -0.4 is 0 Å². The summed E-state index contributed by atoms with van der Waals surface area (Å²) in [7, 11) is 0. The van der Waals surface area contributed by atoms with Crippen LogP contribution in [-0.2, 0) is 4.79 Å². The third-order valence-electron chi connectivity index (χ3n) is 2.29. The van der Waals surface area contributed by atoms with E-state index in [1.807, 2.05) is 0 Å². The standard InChI is InChI=1S/C11H18O/c1-2-3-4-5-11(9-12)8-10-6-7-10/h8-10H,2-7H2,1H3. The number of hydrogen-bond acceptors (Lipinski definition) is 1. The molecule has 0 saturated heterocycles. The molecule has 68 valence electrons. The van der Waals surface area contributed by atoms with Crippen molar-refractivity contribution < 1.29 is 4.79 Å². The summed E-state index contributed by atoms with van der Waals surface area (Å²) in [6.07, 6.45) is 10.4. The largest absolute Gasteiger partial charge is 0.298 e. The first-order chi connectivity index (χ1) is 5.86. The van der Waals surface area contributed by atoms with Crippen LogP contribution in [0.25, 0.3) is 0 Å². The molecule has 0 aromatic carbocycles. The SMILES string of the molecule is CCCCCC(C=O)=CC1CC1. The van der Waals surface area contributed by atoms with Gasteiger partial charge in [-0.25, -0.2) is 0 Å². The Balaban J connectivity index is 2.19. The molecule has 1 aliphatic rings. The minimum Gasteiger partial charge on any atom is -0.298 e. The second-order valence-corrected chi connectivity index (χ2v) is 3.65. The third-order valence-corrected chi connectivity index (χ3v) is 2.29. The highest BCUT2D eigenvalue weighted by Crippen LogP contribution is 2.31. The van der Waals surface area contributed by atoms with Crippen LogP contribution in [0.2, 0.25) is 0 Å². The van der Waals surface area contributed by atoms with E-state index in [0.717, 1.165) is 24.2 Å². The second kappa shape index (κ2) is 5.13. The molecule has 1 heteroatoms. The van der Waals surface area contributed by atoms with Gasteiger partial charge in [-0.05, 0) is 37.2 Å². The molecule has 12 heavy (non-hydrogen) atoms. The molecule has 1 saturated carbocycles. The van der Waals surface area contributed by atoms with Gasteiger partial charge in [-0.3, -0.25) is 4.79 Å². The van der Waals surface area contributed by atoms with Crippen LogP contribution in [0.1, 0.15) is 45.4 Å². The predicted octanol–water partition coefficient (Wildman–Crippen LogP) is 3.10. The van der Waals surface area contributed by atoms with Gasteiger partial charge in [0.2, 0.25) is 0 Å². The van der Waals surface area contributed by atoms with Crippen molar-refractivity contribution in [2.24, 2.45) is 5.92 Å². The van der Waals surface area contributed by atoms with Crippen LogP contribution in [0.4, 0.5) is 0 Å². The Morgan fingerprint density at radius 3 is 2.67 bits per heavy atom. The maximum Gasteiger partial charge on any atom is 0.145 e. The van der Waals surface area contributed by atoms with E-state index in [9.17, 15) is 4.79 Å². The first kappa shape index (κ1) is 9.50. The van der Waals surface area contributed by atoms with Gasteiger partial charge in [0.1, 0.15) is 6.29 Å². The number of rotatable bonds is 6. The molecule has 1 aliphatic carbocycles. The zero-order chi connectivity index (χ0) is 8.81. The Morgan fingerprint density at radius 2 is 2.17 bits per heavy atom. The minimum atomic E-state index is 0.742. The molecule has 0 N–H and O–H groups in total. The van der Waals surface area contributed by atoms with Crippen molar-refractivity contribution in [3.63, 3.8) is 0 Å². The Bertz CT molecular complexity index is 166. The number of allylic oxidation sites excluding steroid dienone is 2. The number of carbonyl (C=O) groups excluding carboxylic acids is 1. The predicted molar refractivity (Wildman–Crippen MR) is 51.0 cm³/mol. The molecule has 0 radical (unpaired) electrons. The van der Waals surface area contributed by atoms with Crippen LogP contribution in [0.15, 0.2) is 11.6 Å². The van der Waals surface area contributed by atoms with Gasteiger partial charge in [-0.2, -0.15) is 0 Å². The van der Waals surface area contributed by atoms with E-state index in [4.69, 9.17) is 0 Å². The Kier molecular flexibility index (Phi) is 4.06. The summed E-state index contributed by atoms with van der Waals surface area (Å²) >= 11 is 0. The first-order valence-electron chi connectivity index (χ1n) is 5.02. The van der Waals surface area contributed by atoms with Crippen molar-refractivity contribution in [3.8, 4) is 0 Å². The number of unbranched alkanes of at least 4 members (excludes halogenated alkanes) is 2. The zero-order valence-electron chi connectivity index (χ0n) is 7.88. The Morgan fingerprint density at radius 1 is 1.42 bits per heavy atom. The Hall–Kier alpha value is -0.590. The van der Waals surface area contributed by atoms with E-state index in [1.54, 1.807) is 0 Å². The highest BCUT2D eigenvalue weighted by molar-refractivity contribution is 5.73. The van der Waals surface area contributed by atoms with Gasteiger partial charge in [0.25, 0.3) is 0 Å². The van der Waals surface area contributed by atoms with Crippen LogP contribution >= 0.6 is 0 Å². The van der Waals surface area contributed by atoms with Gasteiger partial charge < -0.3 is 0 Å².